The lowest BCUT2D eigenvalue weighted by Gasteiger charge is -2.32. The molecule has 1 atom stereocenters. The van der Waals surface area contributed by atoms with Crippen molar-refractivity contribution < 1.29 is 8.42 Å². The van der Waals surface area contributed by atoms with Gasteiger partial charge in [0.25, 0.3) is 0 Å². The average Bonchev–Trinajstić information content (AvgIpc) is 2.33. The molecule has 1 fully saturated rings. The molecule has 1 aliphatic heterocycles. The van der Waals surface area contributed by atoms with Gasteiger partial charge in [0.15, 0.2) is 0 Å². The minimum Gasteiger partial charge on any atom is -0.207 e. The first kappa shape index (κ1) is 14.1. The maximum atomic E-state index is 12.5. The van der Waals surface area contributed by atoms with Crippen LogP contribution in [0.1, 0.15) is 26.2 Å². The average molecular weight is 308 g/mol. The second kappa shape index (κ2) is 5.37. The third kappa shape index (κ3) is 2.67. The van der Waals surface area contributed by atoms with E-state index < -0.39 is 10.0 Å². The van der Waals surface area contributed by atoms with Crippen LogP contribution in [0.3, 0.4) is 0 Å². The Bertz CT molecular complexity index is 545. The van der Waals surface area contributed by atoms with Crippen molar-refractivity contribution in [2.75, 3.05) is 6.54 Å². The van der Waals surface area contributed by atoms with Crippen molar-refractivity contribution in [3.05, 3.63) is 28.2 Å². The molecular formula is C12H15Cl2NO2S. The first-order valence-corrected chi connectivity index (χ1v) is 8.09. The van der Waals surface area contributed by atoms with Crippen molar-refractivity contribution in [2.45, 2.75) is 37.1 Å². The number of sulfonamides is 1. The Hall–Kier alpha value is -0.290. The Kier molecular flexibility index (Phi) is 4.22. The van der Waals surface area contributed by atoms with Crippen molar-refractivity contribution in [3.63, 3.8) is 0 Å². The Morgan fingerprint density at radius 1 is 1.22 bits per heavy atom. The van der Waals surface area contributed by atoms with E-state index in [1.54, 1.807) is 4.31 Å². The minimum atomic E-state index is -3.46. The van der Waals surface area contributed by atoms with E-state index in [9.17, 15) is 8.42 Å². The molecule has 0 unspecified atom stereocenters. The van der Waals surface area contributed by atoms with E-state index in [4.69, 9.17) is 23.2 Å². The number of nitrogens with zero attached hydrogens (tertiary/aromatic N) is 1. The summed E-state index contributed by atoms with van der Waals surface area (Å²) in [6.45, 7) is 2.51. The normalized spacial score (nSPS) is 22.1. The lowest BCUT2D eigenvalue weighted by atomic mass is 10.1. The Morgan fingerprint density at radius 2 is 1.94 bits per heavy atom. The fourth-order valence-corrected chi connectivity index (χ4v) is 4.29. The van der Waals surface area contributed by atoms with Gasteiger partial charge in [0.2, 0.25) is 10.0 Å². The summed E-state index contributed by atoms with van der Waals surface area (Å²) in [7, 11) is -3.46. The molecule has 0 N–H and O–H groups in total. The van der Waals surface area contributed by atoms with E-state index in [2.05, 4.69) is 0 Å². The Labute approximate surface area is 118 Å². The molecule has 1 aromatic carbocycles. The molecule has 0 radical (unpaired) electrons. The highest BCUT2D eigenvalue weighted by Gasteiger charge is 2.31. The SMILES string of the molecule is C[C@@H]1CCCCN1S(=O)(=O)c1ccc(Cl)c(Cl)c1. The van der Waals surface area contributed by atoms with Crippen LogP contribution in [0.25, 0.3) is 0 Å². The van der Waals surface area contributed by atoms with Crippen LogP contribution in [0, 0.1) is 0 Å². The highest BCUT2D eigenvalue weighted by Crippen LogP contribution is 2.29. The third-order valence-electron chi connectivity index (χ3n) is 3.24. The monoisotopic (exact) mass is 307 g/mol. The zero-order valence-corrected chi connectivity index (χ0v) is 12.4. The van der Waals surface area contributed by atoms with Gasteiger partial charge in [-0.1, -0.05) is 29.6 Å². The van der Waals surface area contributed by atoms with Crippen LogP contribution in [0.2, 0.25) is 10.0 Å². The van der Waals surface area contributed by atoms with Gasteiger partial charge in [0.05, 0.1) is 14.9 Å². The predicted molar refractivity (Wildman–Crippen MR) is 73.7 cm³/mol. The molecule has 1 heterocycles. The smallest absolute Gasteiger partial charge is 0.207 e. The molecule has 100 valence electrons. The fourth-order valence-electron chi connectivity index (χ4n) is 2.20. The van der Waals surface area contributed by atoms with E-state index in [1.165, 1.54) is 18.2 Å². The molecule has 0 aromatic heterocycles. The largest absolute Gasteiger partial charge is 0.243 e. The molecule has 0 saturated carbocycles. The van der Waals surface area contributed by atoms with Crippen LogP contribution in [0.4, 0.5) is 0 Å². The van der Waals surface area contributed by atoms with Crippen LogP contribution in [0.15, 0.2) is 23.1 Å². The molecular weight excluding hydrogens is 293 g/mol. The summed E-state index contributed by atoms with van der Waals surface area (Å²) >= 11 is 11.7. The summed E-state index contributed by atoms with van der Waals surface area (Å²) < 4.78 is 26.5. The minimum absolute atomic E-state index is 0.0400. The molecule has 1 saturated heterocycles. The van der Waals surface area contributed by atoms with E-state index in [0.29, 0.717) is 11.6 Å². The molecule has 0 spiro atoms. The van der Waals surface area contributed by atoms with Gasteiger partial charge < -0.3 is 0 Å². The summed E-state index contributed by atoms with van der Waals surface area (Å²) in [4.78, 5) is 0.214. The van der Waals surface area contributed by atoms with Gasteiger partial charge in [-0.15, -0.1) is 0 Å². The number of benzene rings is 1. The second-order valence-electron chi connectivity index (χ2n) is 4.54. The highest BCUT2D eigenvalue weighted by molar-refractivity contribution is 7.89. The number of piperidine rings is 1. The Balaban J connectivity index is 2.37. The van der Waals surface area contributed by atoms with Crippen LogP contribution in [-0.4, -0.2) is 25.3 Å². The summed E-state index contributed by atoms with van der Waals surface area (Å²) in [6, 6.07) is 4.48. The van der Waals surface area contributed by atoms with Gasteiger partial charge >= 0.3 is 0 Å². The lowest BCUT2D eigenvalue weighted by Crippen LogP contribution is -2.41. The zero-order chi connectivity index (χ0) is 13.3. The number of rotatable bonds is 2. The van der Waals surface area contributed by atoms with Crippen molar-refractivity contribution in [1.82, 2.24) is 4.31 Å². The van der Waals surface area contributed by atoms with E-state index in [0.717, 1.165) is 19.3 Å². The summed E-state index contributed by atoms with van der Waals surface area (Å²) in [6.07, 6.45) is 2.89. The van der Waals surface area contributed by atoms with Crippen molar-refractivity contribution in [2.24, 2.45) is 0 Å². The van der Waals surface area contributed by atoms with E-state index in [-0.39, 0.29) is 16.0 Å². The number of hydrogen-bond donors (Lipinski definition) is 0. The van der Waals surface area contributed by atoms with Crippen molar-refractivity contribution in [3.8, 4) is 0 Å². The molecule has 6 heteroatoms. The molecule has 2 rings (SSSR count). The summed E-state index contributed by atoms with van der Waals surface area (Å²) in [5.41, 5.74) is 0. The molecule has 1 aromatic rings. The highest BCUT2D eigenvalue weighted by atomic mass is 35.5. The molecule has 0 bridgehead atoms. The van der Waals surface area contributed by atoms with E-state index in [1.807, 2.05) is 6.92 Å². The summed E-state index contributed by atoms with van der Waals surface area (Å²) in [5.74, 6) is 0. The van der Waals surface area contributed by atoms with Gasteiger partial charge in [-0.25, -0.2) is 8.42 Å². The molecule has 0 aliphatic carbocycles. The lowest BCUT2D eigenvalue weighted by molar-refractivity contribution is 0.268. The zero-order valence-electron chi connectivity index (χ0n) is 10.1. The van der Waals surface area contributed by atoms with Crippen LogP contribution in [-0.2, 0) is 10.0 Å². The van der Waals surface area contributed by atoms with Crippen LogP contribution >= 0.6 is 23.2 Å². The fraction of sp³-hybridized carbons (Fsp3) is 0.500. The van der Waals surface area contributed by atoms with E-state index >= 15 is 0 Å². The molecule has 3 nitrogen and oxygen atoms in total. The number of halogens is 2. The van der Waals surface area contributed by atoms with Crippen molar-refractivity contribution >= 4 is 33.2 Å². The van der Waals surface area contributed by atoms with Gasteiger partial charge in [-0.3, -0.25) is 0 Å². The molecule has 0 amide bonds. The standard InChI is InChI=1S/C12H15Cl2NO2S/c1-9-4-2-3-7-15(9)18(16,17)10-5-6-11(13)12(14)8-10/h5-6,8-9H,2-4,7H2,1H3/t9-/m1/s1. The van der Waals surface area contributed by atoms with Crippen LogP contribution in [0.5, 0.6) is 0 Å². The van der Waals surface area contributed by atoms with Gasteiger partial charge in [-0.2, -0.15) is 4.31 Å². The third-order valence-corrected chi connectivity index (χ3v) is 5.99. The second-order valence-corrected chi connectivity index (χ2v) is 7.24. The Morgan fingerprint density at radius 3 is 2.56 bits per heavy atom. The van der Waals surface area contributed by atoms with Gasteiger partial charge in [0.1, 0.15) is 0 Å². The maximum absolute atomic E-state index is 12.5. The quantitative estimate of drug-likeness (QED) is 0.838. The van der Waals surface area contributed by atoms with Crippen LogP contribution < -0.4 is 0 Å². The first-order valence-electron chi connectivity index (χ1n) is 5.90. The maximum Gasteiger partial charge on any atom is 0.243 e. The first-order chi connectivity index (χ1) is 8.43. The number of hydrogen-bond acceptors (Lipinski definition) is 2. The van der Waals surface area contributed by atoms with Gasteiger partial charge in [-0.05, 0) is 38.0 Å². The summed E-state index contributed by atoms with van der Waals surface area (Å²) in [5, 5.41) is 0.629. The topological polar surface area (TPSA) is 37.4 Å². The van der Waals surface area contributed by atoms with Crippen molar-refractivity contribution in [1.29, 1.82) is 0 Å². The molecule has 1 aliphatic rings. The van der Waals surface area contributed by atoms with Gasteiger partial charge in [0, 0.05) is 12.6 Å². The molecule has 18 heavy (non-hydrogen) atoms. The predicted octanol–water partition coefficient (Wildman–Crippen LogP) is 3.56.